The number of rotatable bonds is 6. The van der Waals surface area contributed by atoms with E-state index in [1.807, 2.05) is 11.7 Å². The molecule has 3 nitrogen and oxygen atoms in total. The second kappa shape index (κ2) is 6.11. The van der Waals surface area contributed by atoms with Gasteiger partial charge in [-0.1, -0.05) is 13.8 Å². The lowest BCUT2D eigenvalue weighted by Crippen LogP contribution is -2.32. The van der Waals surface area contributed by atoms with Crippen LogP contribution in [0.2, 0.25) is 0 Å². The molecule has 0 bridgehead atoms. The highest BCUT2D eigenvalue weighted by Crippen LogP contribution is 2.07. The van der Waals surface area contributed by atoms with Crippen LogP contribution in [0.4, 0.5) is 0 Å². The molecule has 0 radical (unpaired) electrons. The highest BCUT2D eigenvalue weighted by molar-refractivity contribution is 7.09. The fourth-order valence-electron chi connectivity index (χ4n) is 1.21. The summed E-state index contributed by atoms with van der Waals surface area (Å²) in [7, 11) is 2.14. The first-order valence-electron chi connectivity index (χ1n) is 4.98. The maximum atomic E-state index is 4.06. The smallest absolute Gasteiger partial charge is 0.0794 e. The minimum absolute atomic E-state index is 0.576. The van der Waals surface area contributed by atoms with Crippen LogP contribution in [0, 0.1) is 0 Å². The van der Waals surface area contributed by atoms with Crippen LogP contribution in [0.1, 0.15) is 18.7 Å². The van der Waals surface area contributed by atoms with Crippen molar-refractivity contribution in [2.45, 2.75) is 26.4 Å². The number of hydrogen-bond donors (Lipinski definition) is 1. The number of nitrogens with zero attached hydrogens (tertiary/aromatic N) is 2. The largest absolute Gasteiger partial charge is 0.313 e. The fourth-order valence-corrected chi connectivity index (χ4v) is 1.88. The second-order valence-corrected chi connectivity index (χ2v) is 4.79. The minimum atomic E-state index is 0.576. The van der Waals surface area contributed by atoms with E-state index >= 15 is 0 Å². The van der Waals surface area contributed by atoms with Crippen molar-refractivity contribution >= 4 is 11.3 Å². The normalized spacial score (nSPS) is 11.5. The Morgan fingerprint density at radius 3 is 2.93 bits per heavy atom. The van der Waals surface area contributed by atoms with Gasteiger partial charge in [-0.05, 0) is 7.05 Å². The van der Waals surface area contributed by atoms with Crippen molar-refractivity contribution < 1.29 is 0 Å². The molecule has 0 saturated heterocycles. The lowest BCUT2D eigenvalue weighted by atomic mass is 10.4. The molecule has 1 aromatic heterocycles. The van der Waals surface area contributed by atoms with Gasteiger partial charge in [0.05, 0.1) is 5.51 Å². The van der Waals surface area contributed by atoms with Gasteiger partial charge in [0, 0.05) is 36.8 Å². The molecule has 1 rings (SSSR count). The molecule has 80 valence electrons. The molecule has 14 heavy (non-hydrogen) atoms. The van der Waals surface area contributed by atoms with Crippen LogP contribution in [0.3, 0.4) is 0 Å². The van der Waals surface area contributed by atoms with Crippen LogP contribution in [-0.2, 0) is 6.54 Å². The number of likely N-dealkylation sites (N-methyl/N-ethyl adjacent to an activating group) is 1. The Balaban J connectivity index is 2.13. The molecule has 0 saturated carbocycles. The van der Waals surface area contributed by atoms with Gasteiger partial charge < -0.3 is 5.32 Å². The first kappa shape index (κ1) is 11.6. The first-order chi connectivity index (χ1) is 6.68. The van der Waals surface area contributed by atoms with Gasteiger partial charge in [0.15, 0.2) is 0 Å². The van der Waals surface area contributed by atoms with Crippen LogP contribution >= 0.6 is 11.3 Å². The summed E-state index contributed by atoms with van der Waals surface area (Å²) in [6.07, 6.45) is 1.94. The minimum Gasteiger partial charge on any atom is -0.313 e. The van der Waals surface area contributed by atoms with Crippen molar-refractivity contribution in [2.75, 3.05) is 20.1 Å². The summed E-state index contributed by atoms with van der Waals surface area (Å²) in [6.45, 7) is 7.47. The van der Waals surface area contributed by atoms with Gasteiger partial charge in [-0.15, -0.1) is 11.3 Å². The third-order valence-electron chi connectivity index (χ3n) is 1.96. The maximum absolute atomic E-state index is 4.06. The Morgan fingerprint density at radius 2 is 2.36 bits per heavy atom. The van der Waals surface area contributed by atoms with Gasteiger partial charge in [0.1, 0.15) is 0 Å². The highest BCUT2D eigenvalue weighted by atomic mass is 32.1. The molecule has 1 N–H and O–H groups in total. The van der Waals surface area contributed by atoms with Crippen molar-refractivity contribution in [3.8, 4) is 0 Å². The van der Waals surface area contributed by atoms with Gasteiger partial charge in [-0.3, -0.25) is 9.88 Å². The van der Waals surface area contributed by atoms with E-state index < -0.39 is 0 Å². The standard InChI is InChI=1S/C10H19N3S/c1-9(2)12-4-5-13(3)7-10-6-11-8-14-10/h6,8-9,12H,4-5,7H2,1-3H3. The Kier molecular flexibility index (Phi) is 5.07. The van der Waals surface area contributed by atoms with Crippen LogP contribution in [-0.4, -0.2) is 36.1 Å². The van der Waals surface area contributed by atoms with E-state index in [9.17, 15) is 0 Å². The van der Waals surface area contributed by atoms with Gasteiger partial charge in [0.25, 0.3) is 0 Å². The molecule has 0 aliphatic heterocycles. The summed E-state index contributed by atoms with van der Waals surface area (Å²) in [6, 6.07) is 0.576. The van der Waals surface area contributed by atoms with E-state index in [-0.39, 0.29) is 0 Å². The Bertz CT molecular complexity index is 234. The number of hydrogen-bond acceptors (Lipinski definition) is 4. The van der Waals surface area contributed by atoms with Crippen LogP contribution in [0.25, 0.3) is 0 Å². The predicted molar refractivity (Wildman–Crippen MR) is 61.6 cm³/mol. The fraction of sp³-hybridized carbons (Fsp3) is 0.700. The molecule has 1 aromatic rings. The van der Waals surface area contributed by atoms with Crippen LogP contribution in [0.5, 0.6) is 0 Å². The summed E-state index contributed by atoms with van der Waals surface area (Å²) in [5, 5.41) is 3.40. The maximum Gasteiger partial charge on any atom is 0.0794 e. The van der Waals surface area contributed by atoms with Crippen molar-refractivity contribution in [3.63, 3.8) is 0 Å². The van der Waals surface area contributed by atoms with Crippen molar-refractivity contribution in [1.82, 2.24) is 15.2 Å². The summed E-state index contributed by atoms with van der Waals surface area (Å²) in [5.41, 5.74) is 1.88. The molecule has 0 unspecified atom stereocenters. The lowest BCUT2D eigenvalue weighted by Gasteiger charge is -2.16. The van der Waals surface area contributed by atoms with Crippen molar-refractivity contribution in [3.05, 3.63) is 16.6 Å². The van der Waals surface area contributed by atoms with E-state index in [0.717, 1.165) is 19.6 Å². The van der Waals surface area contributed by atoms with E-state index in [4.69, 9.17) is 0 Å². The van der Waals surface area contributed by atoms with Gasteiger partial charge in [-0.2, -0.15) is 0 Å². The third-order valence-corrected chi connectivity index (χ3v) is 2.72. The number of thiazole rings is 1. The Hall–Kier alpha value is -0.450. The molecule has 0 aliphatic carbocycles. The molecule has 0 aromatic carbocycles. The monoisotopic (exact) mass is 213 g/mol. The molecule has 0 spiro atoms. The molecular formula is C10H19N3S. The number of aromatic nitrogens is 1. The SMILES string of the molecule is CC(C)NCCN(C)Cc1cncs1. The van der Waals surface area contributed by atoms with E-state index in [1.165, 1.54) is 4.88 Å². The molecule has 4 heteroatoms. The summed E-state index contributed by atoms with van der Waals surface area (Å²) < 4.78 is 0. The topological polar surface area (TPSA) is 28.2 Å². The molecular weight excluding hydrogens is 194 g/mol. The van der Waals surface area contributed by atoms with Crippen molar-refractivity contribution in [2.24, 2.45) is 0 Å². The van der Waals surface area contributed by atoms with Gasteiger partial charge in [0.2, 0.25) is 0 Å². The third kappa shape index (κ3) is 4.69. The van der Waals surface area contributed by atoms with E-state index in [0.29, 0.717) is 6.04 Å². The molecule has 0 fully saturated rings. The number of nitrogens with one attached hydrogen (secondary N) is 1. The van der Waals surface area contributed by atoms with E-state index in [2.05, 4.69) is 36.1 Å². The quantitative estimate of drug-likeness (QED) is 0.777. The Labute approximate surface area is 90.2 Å². The molecule has 1 heterocycles. The zero-order valence-electron chi connectivity index (χ0n) is 9.16. The summed E-state index contributed by atoms with van der Waals surface area (Å²) in [5.74, 6) is 0. The Morgan fingerprint density at radius 1 is 1.57 bits per heavy atom. The van der Waals surface area contributed by atoms with E-state index in [1.54, 1.807) is 11.3 Å². The van der Waals surface area contributed by atoms with Crippen LogP contribution in [0.15, 0.2) is 11.7 Å². The zero-order valence-corrected chi connectivity index (χ0v) is 9.97. The first-order valence-corrected chi connectivity index (χ1v) is 5.85. The second-order valence-electron chi connectivity index (χ2n) is 3.81. The summed E-state index contributed by atoms with van der Waals surface area (Å²) in [4.78, 5) is 7.70. The zero-order chi connectivity index (χ0) is 10.4. The molecule has 0 amide bonds. The van der Waals surface area contributed by atoms with Gasteiger partial charge >= 0.3 is 0 Å². The average molecular weight is 213 g/mol. The predicted octanol–water partition coefficient (Wildman–Crippen LogP) is 1.57. The lowest BCUT2D eigenvalue weighted by molar-refractivity contribution is 0.322. The molecule has 0 atom stereocenters. The van der Waals surface area contributed by atoms with Crippen LogP contribution < -0.4 is 5.32 Å². The van der Waals surface area contributed by atoms with Gasteiger partial charge in [-0.25, -0.2) is 0 Å². The highest BCUT2D eigenvalue weighted by Gasteiger charge is 2.01. The summed E-state index contributed by atoms with van der Waals surface area (Å²) >= 11 is 1.72. The molecule has 0 aliphatic rings. The average Bonchev–Trinajstić information content (AvgIpc) is 2.56. The van der Waals surface area contributed by atoms with Crippen molar-refractivity contribution in [1.29, 1.82) is 0 Å².